The van der Waals surface area contributed by atoms with Crippen LogP contribution in [-0.4, -0.2) is 35.0 Å². The van der Waals surface area contributed by atoms with Crippen LogP contribution >= 0.6 is 0 Å². The summed E-state index contributed by atoms with van der Waals surface area (Å²) in [5, 5.41) is 25.7. The molecule has 11 heteroatoms. The Balaban J connectivity index is 1.98. The molecule has 0 heterocycles. The number of carboxylic acid groups (broad SMARTS) is 1. The van der Waals surface area contributed by atoms with Gasteiger partial charge < -0.3 is 15.7 Å². The highest BCUT2D eigenvalue weighted by Crippen LogP contribution is 2.35. The Kier molecular flexibility index (Phi) is 7.06. The van der Waals surface area contributed by atoms with Crippen LogP contribution in [0.25, 0.3) is 0 Å². The molecule has 0 aliphatic heterocycles. The van der Waals surface area contributed by atoms with E-state index in [0.29, 0.717) is 12.5 Å². The molecular formula is C19H22F3N3O5. The van der Waals surface area contributed by atoms with Gasteiger partial charge in [0.25, 0.3) is 5.69 Å². The number of carboxylic acids is 1. The van der Waals surface area contributed by atoms with Gasteiger partial charge in [0.2, 0.25) is 5.91 Å². The fourth-order valence-electron chi connectivity index (χ4n) is 3.35. The van der Waals surface area contributed by atoms with Gasteiger partial charge in [-0.3, -0.25) is 19.7 Å². The first-order chi connectivity index (χ1) is 13.9. The molecule has 0 fully saturated rings. The van der Waals surface area contributed by atoms with Gasteiger partial charge in [-0.2, -0.15) is 13.2 Å². The Morgan fingerprint density at radius 2 is 1.77 bits per heavy atom. The molecule has 2 rings (SSSR count). The topological polar surface area (TPSA) is 122 Å². The summed E-state index contributed by atoms with van der Waals surface area (Å²) in [4.78, 5) is 34.1. The van der Waals surface area contributed by atoms with Crippen LogP contribution in [0.2, 0.25) is 0 Å². The first-order valence-electron chi connectivity index (χ1n) is 9.17. The van der Waals surface area contributed by atoms with Crippen molar-refractivity contribution in [1.29, 1.82) is 0 Å². The maximum atomic E-state index is 12.7. The van der Waals surface area contributed by atoms with Crippen LogP contribution in [0.15, 0.2) is 29.3 Å². The number of rotatable bonds is 7. The number of aliphatic carboxylic acids is 1. The third-order valence-electron chi connectivity index (χ3n) is 5.18. The molecule has 1 aromatic carbocycles. The number of amides is 1. The number of nitro benzene ring substituents is 1. The van der Waals surface area contributed by atoms with Crippen LogP contribution in [0.4, 0.5) is 24.5 Å². The van der Waals surface area contributed by atoms with Crippen LogP contribution < -0.4 is 10.6 Å². The molecule has 0 spiro atoms. The van der Waals surface area contributed by atoms with E-state index >= 15 is 0 Å². The van der Waals surface area contributed by atoms with Crippen LogP contribution in [-0.2, 0) is 15.8 Å². The molecular weight excluding hydrogens is 407 g/mol. The molecule has 1 aliphatic rings. The second kappa shape index (κ2) is 9.14. The Morgan fingerprint density at radius 1 is 1.17 bits per heavy atom. The number of nitro groups is 1. The number of benzene rings is 1. The zero-order valence-electron chi connectivity index (χ0n) is 16.4. The predicted octanol–water partition coefficient (Wildman–Crippen LogP) is 3.59. The van der Waals surface area contributed by atoms with Gasteiger partial charge in [0.1, 0.15) is 5.69 Å². The van der Waals surface area contributed by atoms with Crippen LogP contribution in [0.1, 0.15) is 32.3 Å². The average Bonchev–Trinajstić information content (AvgIpc) is 2.65. The van der Waals surface area contributed by atoms with E-state index in [1.54, 1.807) is 0 Å². The minimum Gasteiger partial charge on any atom is -0.481 e. The molecule has 3 N–H and O–H groups in total. The van der Waals surface area contributed by atoms with Gasteiger partial charge in [-0.1, -0.05) is 11.1 Å². The highest BCUT2D eigenvalue weighted by molar-refractivity contribution is 5.85. The summed E-state index contributed by atoms with van der Waals surface area (Å²) in [5.74, 6) is -3.07. The van der Waals surface area contributed by atoms with Gasteiger partial charge in [0.15, 0.2) is 0 Å². The maximum Gasteiger partial charge on any atom is 0.416 e. The minimum absolute atomic E-state index is 0.0102. The van der Waals surface area contributed by atoms with E-state index in [0.717, 1.165) is 23.3 Å². The number of nitrogens with one attached hydrogen (secondary N) is 2. The Bertz CT molecular complexity index is 883. The Labute approximate surface area is 170 Å². The number of carbonyl (C=O) groups excluding carboxylic acids is 1. The molecule has 2 atom stereocenters. The van der Waals surface area contributed by atoms with E-state index in [2.05, 4.69) is 10.6 Å². The molecule has 0 aromatic heterocycles. The average molecular weight is 429 g/mol. The molecule has 0 bridgehead atoms. The standard InChI is InChI=1S/C19H22F3N3O5/c1-10-7-13(14(18(27)28)8-11(10)2)17(26)24-6-5-23-15-4-3-12(19(20,21)22)9-16(15)25(29)30/h3-4,9,13-14,23H,5-8H2,1-2H3,(H,24,26)(H,27,28). The lowest BCUT2D eigenvalue weighted by molar-refractivity contribution is -0.384. The van der Waals surface area contributed by atoms with Crippen molar-refractivity contribution in [2.45, 2.75) is 32.9 Å². The Hall–Kier alpha value is -3.11. The number of nitrogens with zero attached hydrogens (tertiary/aromatic N) is 1. The number of alkyl halides is 3. The lowest BCUT2D eigenvalue weighted by atomic mass is 9.76. The second-order valence-electron chi connectivity index (χ2n) is 7.22. The number of hydrogen-bond donors (Lipinski definition) is 3. The van der Waals surface area contributed by atoms with Crippen molar-refractivity contribution < 1.29 is 32.8 Å². The SMILES string of the molecule is CC1=C(C)CC(C(=O)NCCNc2ccc(C(F)(F)F)cc2[N+](=O)[O-])C(C(=O)O)C1. The van der Waals surface area contributed by atoms with Crippen molar-refractivity contribution in [3.8, 4) is 0 Å². The summed E-state index contributed by atoms with van der Waals surface area (Å²) >= 11 is 0. The largest absolute Gasteiger partial charge is 0.481 e. The first-order valence-corrected chi connectivity index (χ1v) is 9.17. The van der Waals surface area contributed by atoms with Crippen molar-refractivity contribution >= 4 is 23.3 Å². The van der Waals surface area contributed by atoms with Crippen molar-refractivity contribution in [2.24, 2.45) is 11.8 Å². The molecule has 1 aromatic rings. The third kappa shape index (κ3) is 5.49. The van der Waals surface area contributed by atoms with Gasteiger partial charge in [-0.05, 0) is 38.8 Å². The van der Waals surface area contributed by atoms with Gasteiger partial charge in [0.05, 0.1) is 22.3 Å². The third-order valence-corrected chi connectivity index (χ3v) is 5.18. The van der Waals surface area contributed by atoms with E-state index in [1.165, 1.54) is 0 Å². The maximum absolute atomic E-state index is 12.7. The zero-order valence-corrected chi connectivity index (χ0v) is 16.4. The summed E-state index contributed by atoms with van der Waals surface area (Å²) < 4.78 is 38.2. The van der Waals surface area contributed by atoms with Crippen molar-refractivity contribution in [1.82, 2.24) is 5.32 Å². The van der Waals surface area contributed by atoms with E-state index in [4.69, 9.17) is 0 Å². The van der Waals surface area contributed by atoms with Crippen LogP contribution in [0.3, 0.4) is 0 Å². The molecule has 164 valence electrons. The molecule has 2 unspecified atom stereocenters. The molecule has 1 aliphatic carbocycles. The summed E-state index contributed by atoms with van der Waals surface area (Å²) in [6.45, 7) is 3.71. The van der Waals surface area contributed by atoms with Crippen molar-refractivity contribution in [3.63, 3.8) is 0 Å². The second-order valence-corrected chi connectivity index (χ2v) is 7.22. The predicted molar refractivity (Wildman–Crippen MR) is 102 cm³/mol. The molecule has 30 heavy (non-hydrogen) atoms. The fraction of sp³-hybridized carbons (Fsp3) is 0.474. The minimum atomic E-state index is -4.71. The number of hydrogen-bond acceptors (Lipinski definition) is 5. The lowest BCUT2D eigenvalue weighted by Crippen LogP contribution is -2.41. The van der Waals surface area contributed by atoms with E-state index in [-0.39, 0.29) is 25.2 Å². The normalized spacial score (nSPS) is 19.4. The van der Waals surface area contributed by atoms with E-state index in [1.807, 2.05) is 13.8 Å². The smallest absolute Gasteiger partial charge is 0.416 e. The summed E-state index contributed by atoms with van der Waals surface area (Å²) in [7, 11) is 0. The summed E-state index contributed by atoms with van der Waals surface area (Å²) in [6.07, 6.45) is -4.09. The quantitative estimate of drug-likeness (QED) is 0.264. The molecule has 1 amide bonds. The monoisotopic (exact) mass is 429 g/mol. The number of carbonyl (C=O) groups is 2. The highest BCUT2D eigenvalue weighted by Gasteiger charge is 2.37. The molecule has 0 radical (unpaired) electrons. The Morgan fingerprint density at radius 3 is 2.30 bits per heavy atom. The van der Waals surface area contributed by atoms with Crippen molar-refractivity contribution in [3.05, 3.63) is 45.0 Å². The van der Waals surface area contributed by atoms with Gasteiger partial charge in [-0.15, -0.1) is 0 Å². The van der Waals surface area contributed by atoms with E-state index in [9.17, 15) is 38.0 Å². The number of anilines is 1. The number of halogens is 3. The molecule has 0 saturated heterocycles. The first kappa shape index (κ1) is 23.2. The summed E-state index contributed by atoms with van der Waals surface area (Å²) in [5.41, 5.74) is -0.0685. The lowest BCUT2D eigenvalue weighted by Gasteiger charge is -2.29. The van der Waals surface area contributed by atoms with Gasteiger partial charge in [0, 0.05) is 19.2 Å². The van der Waals surface area contributed by atoms with Gasteiger partial charge in [-0.25, -0.2) is 0 Å². The summed E-state index contributed by atoms with van der Waals surface area (Å²) in [6, 6.07) is 2.13. The number of allylic oxidation sites excluding steroid dienone is 2. The molecule has 8 nitrogen and oxygen atoms in total. The van der Waals surface area contributed by atoms with Crippen molar-refractivity contribution in [2.75, 3.05) is 18.4 Å². The van der Waals surface area contributed by atoms with Crippen LogP contribution in [0.5, 0.6) is 0 Å². The van der Waals surface area contributed by atoms with Gasteiger partial charge >= 0.3 is 12.1 Å². The van der Waals surface area contributed by atoms with E-state index < -0.39 is 46.1 Å². The fourth-order valence-corrected chi connectivity index (χ4v) is 3.35. The zero-order chi connectivity index (χ0) is 22.6. The van der Waals surface area contributed by atoms with Crippen LogP contribution in [0, 0.1) is 22.0 Å². The molecule has 0 saturated carbocycles. The highest BCUT2D eigenvalue weighted by atomic mass is 19.4.